The molecule has 0 bridgehead atoms. The van der Waals surface area contributed by atoms with Gasteiger partial charge in [-0.2, -0.15) is 0 Å². The number of thiazole rings is 1. The second-order valence-corrected chi connectivity index (χ2v) is 8.20. The summed E-state index contributed by atoms with van der Waals surface area (Å²) >= 11 is 1.48. The Bertz CT molecular complexity index is 818. The average Bonchev–Trinajstić information content (AvgIpc) is 3.20. The lowest BCUT2D eigenvalue weighted by Gasteiger charge is -2.27. The van der Waals surface area contributed by atoms with Crippen LogP contribution in [-0.4, -0.2) is 50.8 Å². The molecule has 0 aromatic carbocycles. The van der Waals surface area contributed by atoms with Gasteiger partial charge in [-0.05, 0) is 33.7 Å². The Labute approximate surface area is 151 Å². The number of hydrogen-bond acceptors (Lipinski definition) is 6. The topological polar surface area (TPSA) is 62.2 Å². The van der Waals surface area contributed by atoms with Gasteiger partial charge < -0.3 is 9.80 Å². The molecule has 1 saturated heterocycles. The summed E-state index contributed by atoms with van der Waals surface area (Å²) in [5, 5.41) is 0.936. The molecule has 4 rings (SSSR count). The van der Waals surface area contributed by atoms with E-state index in [1.165, 1.54) is 16.9 Å². The van der Waals surface area contributed by atoms with Crippen molar-refractivity contribution in [3.63, 3.8) is 0 Å². The van der Waals surface area contributed by atoms with E-state index in [1.54, 1.807) is 0 Å². The van der Waals surface area contributed by atoms with Crippen molar-refractivity contribution in [3.8, 4) is 0 Å². The summed E-state index contributed by atoms with van der Waals surface area (Å²) in [6.07, 6.45) is 4.84. The van der Waals surface area contributed by atoms with E-state index in [9.17, 15) is 4.79 Å². The van der Waals surface area contributed by atoms with Crippen molar-refractivity contribution in [2.45, 2.75) is 45.7 Å². The fraction of sp³-hybridized carbons (Fsp3) is 0.556. The van der Waals surface area contributed by atoms with E-state index in [2.05, 4.69) is 21.9 Å². The summed E-state index contributed by atoms with van der Waals surface area (Å²) in [5.41, 5.74) is 3.18. The minimum atomic E-state index is -0.0146. The Kier molecular flexibility index (Phi) is 4.29. The maximum absolute atomic E-state index is 13.0. The summed E-state index contributed by atoms with van der Waals surface area (Å²) in [7, 11) is 2.12. The number of likely N-dealkylation sites (tertiary alicyclic amines) is 1. The van der Waals surface area contributed by atoms with E-state index in [4.69, 9.17) is 4.98 Å². The lowest BCUT2D eigenvalue weighted by molar-refractivity contribution is 0.0733. The van der Waals surface area contributed by atoms with Crippen LogP contribution in [0, 0.1) is 13.8 Å². The van der Waals surface area contributed by atoms with Crippen molar-refractivity contribution in [3.05, 3.63) is 38.9 Å². The number of aromatic nitrogens is 3. The van der Waals surface area contributed by atoms with Gasteiger partial charge in [-0.25, -0.2) is 15.0 Å². The highest BCUT2D eigenvalue weighted by Gasteiger charge is 2.34. The standard InChI is InChI=1S/C18H23N5OS/c1-11-16(25-12(2)20-11)18(24)23-7-4-5-15(23)17-19-9-13-10-22(3)8-6-14(13)21-17/h9,15H,4-8,10H2,1-3H3/t15-/m0/s1. The maximum Gasteiger partial charge on any atom is 0.266 e. The predicted octanol–water partition coefficient (Wildman–Crippen LogP) is 2.52. The zero-order chi connectivity index (χ0) is 17.6. The highest BCUT2D eigenvalue weighted by Crippen LogP contribution is 2.33. The fourth-order valence-corrected chi connectivity index (χ4v) is 4.65. The SMILES string of the molecule is Cc1nc(C)c(C(=O)N2CCC[C@H]2c2ncc3c(n2)CCN(C)C3)s1. The highest BCUT2D eigenvalue weighted by molar-refractivity contribution is 7.13. The molecule has 4 heterocycles. The molecule has 0 spiro atoms. The monoisotopic (exact) mass is 357 g/mol. The molecule has 1 fully saturated rings. The molecular formula is C18H23N5OS. The average molecular weight is 357 g/mol. The third-order valence-electron chi connectivity index (χ3n) is 5.05. The van der Waals surface area contributed by atoms with Crippen LogP contribution in [0.1, 0.15) is 56.3 Å². The Balaban J connectivity index is 1.61. The van der Waals surface area contributed by atoms with Gasteiger partial charge in [0.25, 0.3) is 5.91 Å². The van der Waals surface area contributed by atoms with Crippen LogP contribution in [0.3, 0.4) is 0 Å². The lowest BCUT2D eigenvalue weighted by Crippen LogP contribution is -2.32. The van der Waals surface area contributed by atoms with Crippen molar-refractivity contribution in [1.29, 1.82) is 0 Å². The summed E-state index contributed by atoms with van der Waals surface area (Å²) in [6.45, 7) is 6.55. The second kappa shape index (κ2) is 6.46. The Morgan fingerprint density at radius 2 is 2.12 bits per heavy atom. The van der Waals surface area contributed by atoms with Gasteiger partial charge in [0.15, 0.2) is 5.82 Å². The van der Waals surface area contributed by atoms with Crippen LogP contribution in [0.15, 0.2) is 6.20 Å². The molecule has 6 nitrogen and oxygen atoms in total. The number of rotatable bonds is 2. The molecule has 0 N–H and O–H groups in total. The molecule has 0 unspecified atom stereocenters. The van der Waals surface area contributed by atoms with Gasteiger partial charge in [-0.1, -0.05) is 0 Å². The highest BCUT2D eigenvalue weighted by atomic mass is 32.1. The predicted molar refractivity (Wildman–Crippen MR) is 96.7 cm³/mol. The van der Waals surface area contributed by atoms with E-state index >= 15 is 0 Å². The van der Waals surface area contributed by atoms with Gasteiger partial charge >= 0.3 is 0 Å². The molecule has 132 valence electrons. The van der Waals surface area contributed by atoms with Gasteiger partial charge in [0.1, 0.15) is 4.88 Å². The molecular weight excluding hydrogens is 334 g/mol. The van der Waals surface area contributed by atoms with Crippen LogP contribution in [0.4, 0.5) is 0 Å². The molecule has 7 heteroatoms. The van der Waals surface area contributed by atoms with Crippen molar-refractivity contribution >= 4 is 17.2 Å². The maximum atomic E-state index is 13.0. The van der Waals surface area contributed by atoms with Gasteiger partial charge in [0.05, 0.1) is 16.7 Å². The van der Waals surface area contributed by atoms with E-state index in [0.29, 0.717) is 0 Å². The smallest absolute Gasteiger partial charge is 0.266 e. The van der Waals surface area contributed by atoms with Crippen LogP contribution in [0.25, 0.3) is 0 Å². The Morgan fingerprint density at radius 1 is 1.28 bits per heavy atom. The van der Waals surface area contributed by atoms with E-state index < -0.39 is 0 Å². The first-order valence-electron chi connectivity index (χ1n) is 8.81. The van der Waals surface area contributed by atoms with Crippen LogP contribution in [-0.2, 0) is 13.0 Å². The molecule has 2 aromatic heterocycles. The summed E-state index contributed by atoms with van der Waals surface area (Å²) < 4.78 is 0. The van der Waals surface area contributed by atoms with Crippen molar-refractivity contribution in [2.24, 2.45) is 0 Å². The minimum Gasteiger partial charge on any atom is -0.328 e. The van der Waals surface area contributed by atoms with Gasteiger partial charge in [-0.3, -0.25) is 4.79 Å². The lowest BCUT2D eigenvalue weighted by atomic mass is 10.1. The second-order valence-electron chi connectivity index (χ2n) is 6.99. The molecule has 0 radical (unpaired) electrons. The first-order valence-corrected chi connectivity index (χ1v) is 9.63. The molecule has 1 amide bonds. The van der Waals surface area contributed by atoms with Gasteiger partial charge in [-0.15, -0.1) is 11.3 Å². The zero-order valence-electron chi connectivity index (χ0n) is 14.9. The first-order chi connectivity index (χ1) is 12.0. The molecule has 25 heavy (non-hydrogen) atoms. The van der Waals surface area contributed by atoms with E-state index in [1.807, 2.05) is 24.9 Å². The molecule has 2 aliphatic heterocycles. The minimum absolute atomic E-state index is 0.0146. The van der Waals surface area contributed by atoms with Crippen molar-refractivity contribution in [1.82, 2.24) is 24.8 Å². The summed E-state index contributed by atoms with van der Waals surface area (Å²) in [5.74, 6) is 0.875. The zero-order valence-corrected chi connectivity index (χ0v) is 15.8. The van der Waals surface area contributed by atoms with Crippen molar-refractivity contribution in [2.75, 3.05) is 20.1 Å². The number of likely N-dealkylation sites (N-methyl/N-ethyl adjacent to an activating group) is 1. The number of fused-ring (bicyclic) bond motifs is 1. The fourth-order valence-electron chi connectivity index (χ4n) is 3.77. The third kappa shape index (κ3) is 3.06. The van der Waals surface area contributed by atoms with Crippen molar-refractivity contribution < 1.29 is 4.79 Å². The van der Waals surface area contributed by atoms with Crippen LogP contribution >= 0.6 is 11.3 Å². The van der Waals surface area contributed by atoms with E-state index in [0.717, 1.165) is 66.0 Å². The largest absolute Gasteiger partial charge is 0.328 e. The number of carbonyl (C=O) groups excluding carboxylic acids is 1. The molecule has 0 saturated carbocycles. The first kappa shape index (κ1) is 16.6. The summed E-state index contributed by atoms with van der Waals surface area (Å²) in [4.78, 5) is 31.9. The molecule has 1 atom stereocenters. The quantitative estimate of drug-likeness (QED) is 0.826. The molecule has 0 aliphatic carbocycles. The van der Waals surface area contributed by atoms with Crippen LogP contribution < -0.4 is 0 Å². The normalized spacial score (nSPS) is 20.8. The van der Waals surface area contributed by atoms with E-state index in [-0.39, 0.29) is 11.9 Å². The number of amides is 1. The molecule has 2 aromatic rings. The number of hydrogen-bond donors (Lipinski definition) is 0. The Morgan fingerprint density at radius 3 is 2.88 bits per heavy atom. The molecule has 2 aliphatic rings. The van der Waals surface area contributed by atoms with Gasteiger partial charge in [0.2, 0.25) is 0 Å². The Hall–Kier alpha value is -1.86. The number of carbonyl (C=O) groups is 1. The van der Waals surface area contributed by atoms with Crippen LogP contribution in [0.2, 0.25) is 0 Å². The number of nitrogens with zero attached hydrogens (tertiary/aromatic N) is 5. The summed E-state index contributed by atoms with van der Waals surface area (Å²) in [6, 6.07) is -0.0146. The van der Waals surface area contributed by atoms with Crippen LogP contribution in [0.5, 0.6) is 0 Å². The number of aryl methyl sites for hydroxylation is 2. The van der Waals surface area contributed by atoms with Gasteiger partial charge in [0, 0.05) is 43.5 Å². The third-order valence-corrected chi connectivity index (χ3v) is 6.11.